The van der Waals surface area contributed by atoms with Crippen molar-refractivity contribution in [3.05, 3.63) is 69.7 Å². The zero-order valence-corrected chi connectivity index (χ0v) is 17.1. The van der Waals surface area contributed by atoms with Crippen LogP contribution in [0.25, 0.3) is 0 Å². The number of hydrogen-bond donors (Lipinski definition) is 2. The van der Waals surface area contributed by atoms with E-state index in [1.54, 1.807) is 11.1 Å². The molecule has 0 spiro atoms. The van der Waals surface area contributed by atoms with Crippen LogP contribution in [0, 0.1) is 5.92 Å². The summed E-state index contributed by atoms with van der Waals surface area (Å²) in [6, 6.07) is 18.4. The second-order valence-corrected chi connectivity index (χ2v) is 9.47. The summed E-state index contributed by atoms with van der Waals surface area (Å²) in [5.41, 5.74) is 4.59. The Morgan fingerprint density at radius 2 is 1.88 bits per heavy atom. The van der Waals surface area contributed by atoms with Crippen molar-refractivity contribution >= 4 is 26.0 Å². The van der Waals surface area contributed by atoms with Crippen LogP contribution in [0.4, 0.5) is 0 Å². The van der Waals surface area contributed by atoms with Gasteiger partial charge >= 0.3 is 0 Å². The van der Waals surface area contributed by atoms with Crippen molar-refractivity contribution in [2.75, 3.05) is 12.8 Å². The number of halogens is 1. The minimum absolute atomic E-state index is 0.634. The lowest BCUT2D eigenvalue weighted by Gasteiger charge is -2.31. The molecule has 3 unspecified atom stereocenters. The normalized spacial score (nSPS) is 24.2. The number of aryl methyl sites for hydroxylation is 1. The molecule has 1 saturated heterocycles. The molecule has 4 rings (SSSR count). The smallest absolute Gasteiger partial charge is 0.261 e. The fourth-order valence-electron chi connectivity index (χ4n) is 4.17. The predicted octanol–water partition coefficient (Wildman–Crippen LogP) is 3.81. The molecule has 0 saturated carbocycles. The lowest BCUT2D eigenvalue weighted by Crippen LogP contribution is -2.31. The van der Waals surface area contributed by atoms with E-state index in [4.69, 9.17) is 4.55 Å². The SMILES string of the molecule is Brc1ccc2c(c1)CCC1C(Cc3ccccc3)NCC21.CS(=O)(=O)O. The van der Waals surface area contributed by atoms with Gasteiger partial charge in [-0.05, 0) is 54.0 Å². The van der Waals surface area contributed by atoms with Gasteiger partial charge in [-0.2, -0.15) is 8.42 Å². The van der Waals surface area contributed by atoms with Crippen LogP contribution in [0.3, 0.4) is 0 Å². The molecule has 1 fully saturated rings. The van der Waals surface area contributed by atoms with E-state index in [1.165, 1.54) is 22.9 Å². The van der Waals surface area contributed by atoms with Crippen LogP contribution < -0.4 is 5.32 Å². The maximum absolute atomic E-state index is 9.19. The molecule has 6 heteroatoms. The second kappa shape index (κ2) is 8.21. The largest absolute Gasteiger partial charge is 0.313 e. The van der Waals surface area contributed by atoms with Crippen molar-refractivity contribution in [3.63, 3.8) is 0 Å². The Labute approximate surface area is 163 Å². The molecule has 3 atom stereocenters. The maximum atomic E-state index is 9.19. The van der Waals surface area contributed by atoms with E-state index in [0.717, 1.165) is 18.9 Å². The first kappa shape index (κ1) is 19.5. The van der Waals surface area contributed by atoms with E-state index in [9.17, 15) is 8.42 Å². The third-order valence-electron chi connectivity index (χ3n) is 5.18. The van der Waals surface area contributed by atoms with Crippen molar-refractivity contribution in [2.45, 2.75) is 31.2 Å². The topological polar surface area (TPSA) is 66.4 Å². The van der Waals surface area contributed by atoms with Gasteiger partial charge in [-0.1, -0.05) is 52.3 Å². The summed E-state index contributed by atoms with van der Waals surface area (Å²) in [7, 11) is -3.67. The zero-order chi connectivity index (χ0) is 18.7. The van der Waals surface area contributed by atoms with Gasteiger partial charge in [-0.3, -0.25) is 4.55 Å². The Hall–Kier alpha value is -1.21. The molecule has 0 amide bonds. The minimum Gasteiger partial charge on any atom is -0.313 e. The highest BCUT2D eigenvalue weighted by Crippen LogP contribution is 2.42. The van der Waals surface area contributed by atoms with Gasteiger partial charge in [0.1, 0.15) is 0 Å². The summed E-state index contributed by atoms with van der Waals surface area (Å²) in [5.74, 6) is 1.49. The molecule has 4 nitrogen and oxygen atoms in total. The van der Waals surface area contributed by atoms with Crippen LogP contribution in [-0.2, 0) is 23.0 Å². The van der Waals surface area contributed by atoms with E-state index in [0.29, 0.717) is 18.2 Å². The third-order valence-corrected chi connectivity index (χ3v) is 5.68. The molecule has 2 aliphatic rings. The van der Waals surface area contributed by atoms with Gasteiger partial charge in [0.25, 0.3) is 10.1 Å². The number of nitrogens with one attached hydrogen (secondary N) is 1. The molecule has 26 heavy (non-hydrogen) atoms. The fraction of sp³-hybridized carbons (Fsp3) is 0.400. The van der Waals surface area contributed by atoms with Gasteiger partial charge in [0, 0.05) is 23.0 Å². The summed E-state index contributed by atoms with van der Waals surface area (Å²) in [4.78, 5) is 0. The maximum Gasteiger partial charge on any atom is 0.261 e. The first-order valence-electron chi connectivity index (χ1n) is 8.79. The van der Waals surface area contributed by atoms with Gasteiger partial charge in [-0.15, -0.1) is 0 Å². The average Bonchev–Trinajstić information content (AvgIpc) is 2.97. The fourth-order valence-corrected chi connectivity index (χ4v) is 4.58. The first-order valence-corrected chi connectivity index (χ1v) is 11.4. The zero-order valence-electron chi connectivity index (χ0n) is 14.7. The highest BCUT2D eigenvalue weighted by molar-refractivity contribution is 9.10. The molecule has 2 N–H and O–H groups in total. The molecule has 1 aliphatic carbocycles. The Bertz CT molecular complexity index is 847. The average molecular weight is 438 g/mol. The molecular weight excluding hydrogens is 414 g/mol. The molecule has 2 aromatic carbocycles. The Kier molecular flexibility index (Phi) is 6.17. The number of benzene rings is 2. The summed E-state index contributed by atoms with van der Waals surface area (Å²) in [6.07, 6.45) is 4.42. The lowest BCUT2D eigenvalue weighted by molar-refractivity contribution is 0.373. The van der Waals surface area contributed by atoms with E-state index in [-0.39, 0.29) is 0 Å². The van der Waals surface area contributed by atoms with Crippen molar-refractivity contribution in [1.82, 2.24) is 5.32 Å². The second-order valence-electron chi connectivity index (χ2n) is 7.09. The summed E-state index contributed by atoms with van der Waals surface area (Å²) in [6.45, 7) is 1.14. The molecule has 0 aromatic heterocycles. The highest BCUT2D eigenvalue weighted by Gasteiger charge is 2.39. The lowest BCUT2D eigenvalue weighted by atomic mass is 9.74. The Morgan fingerprint density at radius 1 is 1.19 bits per heavy atom. The molecule has 2 aromatic rings. The third kappa shape index (κ3) is 5.16. The van der Waals surface area contributed by atoms with Gasteiger partial charge < -0.3 is 5.32 Å². The molecule has 0 radical (unpaired) electrons. The molecule has 0 bridgehead atoms. The molecule has 1 heterocycles. The molecule has 1 aliphatic heterocycles. The van der Waals surface area contributed by atoms with Crippen LogP contribution in [-0.4, -0.2) is 31.8 Å². The van der Waals surface area contributed by atoms with Crippen molar-refractivity contribution in [2.24, 2.45) is 5.92 Å². The van der Waals surface area contributed by atoms with Gasteiger partial charge in [0.15, 0.2) is 0 Å². The highest BCUT2D eigenvalue weighted by atomic mass is 79.9. The summed E-state index contributed by atoms with van der Waals surface area (Å²) >= 11 is 3.60. The Balaban J connectivity index is 0.000000349. The standard InChI is InChI=1S/C19H20BrN.CH4O3S/c20-15-7-9-16-14(11-15)6-8-17-18(16)12-21-19(17)10-13-4-2-1-3-5-13;1-5(2,3)4/h1-5,7,9,11,17-19,21H,6,8,10,12H2;1H3,(H,2,3,4). The first-order chi connectivity index (χ1) is 12.3. The van der Waals surface area contributed by atoms with Gasteiger partial charge in [0.05, 0.1) is 6.26 Å². The summed E-state index contributed by atoms with van der Waals surface area (Å²) < 4.78 is 27.1. The van der Waals surface area contributed by atoms with Crippen LogP contribution >= 0.6 is 15.9 Å². The van der Waals surface area contributed by atoms with Crippen LogP contribution in [0.15, 0.2) is 53.0 Å². The molecule has 140 valence electrons. The predicted molar refractivity (Wildman–Crippen MR) is 108 cm³/mol. The van der Waals surface area contributed by atoms with E-state index in [1.807, 2.05) is 0 Å². The van der Waals surface area contributed by atoms with Crippen LogP contribution in [0.5, 0.6) is 0 Å². The van der Waals surface area contributed by atoms with E-state index in [2.05, 4.69) is 69.8 Å². The van der Waals surface area contributed by atoms with Crippen molar-refractivity contribution in [1.29, 1.82) is 0 Å². The summed E-state index contributed by atoms with van der Waals surface area (Å²) in [5, 5.41) is 3.79. The van der Waals surface area contributed by atoms with Crippen molar-refractivity contribution in [3.8, 4) is 0 Å². The van der Waals surface area contributed by atoms with Gasteiger partial charge in [0.2, 0.25) is 0 Å². The van der Waals surface area contributed by atoms with E-state index >= 15 is 0 Å². The number of hydrogen-bond acceptors (Lipinski definition) is 3. The van der Waals surface area contributed by atoms with Gasteiger partial charge in [-0.25, -0.2) is 0 Å². The van der Waals surface area contributed by atoms with E-state index < -0.39 is 10.1 Å². The van der Waals surface area contributed by atoms with Crippen LogP contribution in [0.1, 0.15) is 29.0 Å². The molecular formula is C20H24BrNO3S. The monoisotopic (exact) mass is 437 g/mol. The Morgan fingerprint density at radius 3 is 2.58 bits per heavy atom. The van der Waals surface area contributed by atoms with Crippen molar-refractivity contribution < 1.29 is 13.0 Å². The minimum atomic E-state index is -3.67. The van der Waals surface area contributed by atoms with Crippen LogP contribution in [0.2, 0.25) is 0 Å². The number of fused-ring (bicyclic) bond motifs is 3. The number of rotatable bonds is 2. The quantitative estimate of drug-likeness (QED) is 0.700.